The van der Waals surface area contributed by atoms with Gasteiger partial charge in [-0.1, -0.05) is 12.1 Å². The van der Waals surface area contributed by atoms with Gasteiger partial charge in [-0.3, -0.25) is 9.48 Å². The molecule has 1 aromatic heterocycles. The molecule has 1 aliphatic carbocycles. The van der Waals surface area contributed by atoms with Gasteiger partial charge in [-0.05, 0) is 79.3 Å². The number of benzene rings is 2. The van der Waals surface area contributed by atoms with Gasteiger partial charge in [-0.15, -0.1) is 0 Å². The third-order valence-corrected chi connectivity index (χ3v) is 7.81. The second kappa shape index (κ2) is 12.0. The predicted octanol–water partition coefficient (Wildman–Crippen LogP) is 6.07. The van der Waals surface area contributed by atoms with Gasteiger partial charge in [0.1, 0.15) is 6.54 Å². The Hall–Kier alpha value is -4.48. The molecule has 1 aliphatic heterocycles. The Balaban J connectivity index is 1.55. The number of methoxy groups -OCH3 is 4. The Bertz CT molecular complexity index is 1580. The minimum absolute atomic E-state index is 0.147. The van der Waals surface area contributed by atoms with E-state index in [0.717, 1.165) is 52.4 Å². The first-order valence-corrected chi connectivity index (χ1v) is 13.7. The van der Waals surface area contributed by atoms with Crippen LogP contribution in [0.2, 0.25) is 0 Å². The van der Waals surface area contributed by atoms with Crippen molar-refractivity contribution in [2.75, 3.05) is 28.4 Å². The average Bonchev–Trinajstić information content (AvgIpc) is 3.58. The Kier molecular flexibility index (Phi) is 8.38. The molecule has 2 heterocycles. The van der Waals surface area contributed by atoms with Crippen LogP contribution < -0.4 is 18.9 Å². The highest BCUT2D eigenvalue weighted by Gasteiger charge is 2.44. The number of alkyl halides is 3. The van der Waals surface area contributed by atoms with Crippen LogP contribution in [0.3, 0.4) is 0 Å². The molecule has 228 valence electrons. The molecule has 1 fully saturated rings. The lowest BCUT2D eigenvalue weighted by molar-refractivity contribution is -0.142. The maximum atomic E-state index is 13.8. The lowest BCUT2D eigenvalue weighted by Crippen LogP contribution is -2.34. The number of allylic oxidation sites excluding steroid dienone is 1. The summed E-state index contributed by atoms with van der Waals surface area (Å²) in [5, 5.41) is 9.89. The SMILES string of the molecule is COc1ccc(/C=C2\CCC[C@H]3C2=NN(C(=O)Cn2nc(C(F)(F)F)cc2C)[C@H]3c2ccc(OC)c(OC)c2)cc1OC. The maximum Gasteiger partial charge on any atom is 0.435 e. The number of hydrogen-bond donors (Lipinski definition) is 0. The fraction of sp³-hybridized carbons (Fsp3) is 0.387. The number of ether oxygens (including phenoxy) is 4. The van der Waals surface area contributed by atoms with Crippen molar-refractivity contribution in [1.29, 1.82) is 0 Å². The lowest BCUT2D eigenvalue weighted by Gasteiger charge is -2.30. The third kappa shape index (κ3) is 5.91. The van der Waals surface area contributed by atoms with E-state index in [1.807, 2.05) is 36.4 Å². The number of carbonyl (C=O) groups is 1. The van der Waals surface area contributed by atoms with Gasteiger partial charge in [-0.25, -0.2) is 5.01 Å². The summed E-state index contributed by atoms with van der Waals surface area (Å²) < 4.78 is 62.8. The molecular weight excluding hydrogens is 565 g/mol. The van der Waals surface area contributed by atoms with Crippen LogP contribution in [0, 0.1) is 12.8 Å². The fourth-order valence-electron chi connectivity index (χ4n) is 5.73. The topological polar surface area (TPSA) is 87.4 Å². The van der Waals surface area contributed by atoms with Crippen molar-refractivity contribution in [2.45, 2.75) is 44.9 Å². The number of aryl methyl sites for hydroxylation is 1. The first-order valence-electron chi connectivity index (χ1n) is 13.7. The molecule has 1 saturated carbocycles. The summed E-state index contributed by atoms with van der Waals surface area (Å²) >= 11 is 0. The number of hydrazone groups is 1. The van der Waals surface area contributed by atoms with Crippen LogP contribution in [0.4, 0.5) is 13.2 Å². The minimum atomic E-state index is -4.62. The smallest absolute Gasteiger partial charge is 0.435 e. The van der Waals surface area contributed by atoms with Crippen molar-refractivity contribution in [2.24, 2.45) is 11.0 Å². The summed E-state index contributed by atoms with van der Waals surface area (Å²) in [6.07, 6.45) is -0.211. The Morgan fingerprint density at radius 3 is 2.23 bits per heavy atom. The summed E-state index contributed by atoms with van der Waals surface area (Å²) in [7, 11) is 6.22. The number of hydrogen-bond acceptors (Lipinski definition) is 7. The lowest BCUT2D eigenvalue weighted by atomic mass is 9.77. The molecule has 2 aromatic carbocycles. The highest BCUT2D eigenvalue weighted by molar-refractivity contribution is 6.08. The van der Waals surface area contributed by atoms with Crippen molar-refractivity contribution in [3.63, 3.8) is 0 Å². The van der Waals surface area contributed by atoms with E-state index in [1.165, 1.54) is 26.2 Å². The number of rotatable bonds is 8. The number of aromatic nitrogens is 2. The second-order valence-electron chi connectivity index (χ2n) is 10.4. The van der Waals surface area contributed by atoms with Gasteiger partial charge < -0.3 is 18.9 Å². The summed E-state index contributed by atoms with van der Waals surface area (Å²) in [4.78, 5) is 13.8. The standard InChI is InChI=1S/C31H33F3N4O5/c1-18-13-27(31(32,33)34)35-37(18)17-28(39)38-30(21-10-12-24(41-3)26(16-21)43-5)22-8-6-7-20(29(22)36-38)14-19-9-11-23(40-2)25(15-19)42-4/h9-16,22,30H,6-8,17H2,1-5H3/b20-14+/t22-,30-/m0/s1. The van der Waals surface area contributed by atoms with Gasteiger partial charge in [0.05, 0.1) is 40.2 Å². The highest BCUT2D eigenvalue weighted by Crippen LogP contribution is 2.46. The summed E-state index contributed by atoms with van der Waals surface area (Å²) in [5.41, 5.74) is 2.57. The van der Waals surface area contributed by atoms with Gasteiger partial charge in [0.25, 0.3) is 5.91 Å². The van der Waals surface area contributed by atoms with E-state index in [1.54, 1.807) is 20.3 Å². The molecule has 2 atom stereocenters. The molecule has 9 nitrogen and oxygen atoms in total. The van der Waals surface area contributed by atoms with E-state index in [2.05, 4.69) is 5.10 Å². The van der Waals surface area contributed by atoms with Gasteiger partial charge in [0.15, 0.2) is 28.7 Å². The first kappa shape index (κ1) is 30.0. The molecule has 3 aromatic rings. The van der Waals surface area contributed by atoms with Crippen molar-refractivity contribution in [3.05, 3.63) is 70.6 Å². The van der Waals surface area contributed by atoms with Crippen LogP contribution in [-0.4, -0.2) is 54.8 Å². The van der Waals surface area contributed by atoms with Crippen molar-refractivity contribution in [1.82, 2.24) is 14.8 Å². The summed E-state index contributed by atoms with van der Waals surface area (Å²) in [6, 6.07) is 11.5. The molecule has 12 heteroatoms. The summed E-state index contributed by atoms with van der Waals surface area (Å²) in [6.45, 7) is 1.09. The average molecular weight is 599 g/mol. The number of fused-ring (bicyclic) bond motifs is 1. The predicted molar refractivity (Wildman–Crippen MR) is 153 cm³/mol. The number of carbonyl (C=O) groups excluding carboxylic acids is 1. The minimum Gasteiger partial charge on any atom is -0.493 e. The van der Waals surface area contributed by atoms with Crippen LogP contribution in [-0.2, 0) is 17.5 Å². The molecular formula is C31H33F3N4O5. The molecule has 2 aliphatic rings. The normalized spacial score (nSPS) is 19.2. The van der Waals surface area contributed by atoms with Gasteiger partial charge in [0.2, 0.25) is 0 Å². The molecule has 5 rings (SSSR count). The second-order valence-corrected chi connectivity index (χ2v) is 10.4. The largest absolute Gasteiger partial charge is 0.493 e. The Morgan fingerprint density at radius 1 is 0.953 bits per heavy atom. The number of amides is 1. The van der Waals surface area contributed by atoms with Crippen molar-refractivity contribution >= 4 is 17.7 Å². The monoisotopic (exact) mass is 598 g/mol. The fourth-order valence-corrected chi connectivity index (χ4v) is 5.73. The highest BCUT2D eigenvalue weighted by atomic mass is 19.4. The van der Waals surface area contributed by atoms with Gasteiger partial charge in [-0.2, -0.15) is 23.4 Å². The van der Waals surface area contributed by atoms with Crippen molar-refractivity contribution < 1.29 is 36.9 Å². The molecule has 0 bridgehead atoms. The zero-order valence-corrected chi connectivity index (χ0v) is 24.6. The van der Waals surface area contributed by atoms with E-state index >= 15 is 0 Å². The van der Waals surface area contributed by atoms with Gasteiger partial charge in [0, 0.05) is 11.6 Å². The first-order chi connectivity index (χ1) is 20.6. The van der Waals surface area contributed by atoms with E-state index in [-0.39, 0.29) is 11.6 Å². The van der Waals surface area contributed by atoms with E-state index in [0.29, 0.717) is 23.0 Å². The van der Waals surface area contributed by atoms with E-state index < -0.39 is 30.4 Å². The molecule has 0 spiro atoms. The zero-order chi connectivity index (χ0) is 30.9. The zero-order valence-electron chi connectivity index (χ0n) is 24.6. The number of nitrogens with zero attached hydrogens (tertiary/aromatic N) is 4. The maximum absolute atomic E-state index is 13.8. The van der Waals surface area contributed by atoms with Crippen LogP contribution in [0.25, 0.3) is 6.08 Å². The van der Waals surface area contributed by atoms with Crippen LogP contribution in [0.1, 0.15) is 47.8 Å². The summed E-state index contributed by atoms with van der Waals surface area (Å²) in [5.74, 6) is 1.60. The van der Waals surface area contributed by atoms with E-state index in [9.17, 15) is 18.0 Å². The molecule has 43 heavy (non-hydrogen) atoms. The quantitative estimate of drug-likeness (QED) is 0.313. The van der Waals surface area contributed by atoms with Crippen molar-refractivity contribution in [3.8, 4) is 23.0 Å². The van der Waals surface area contributed by atoms with Crippen LogP contribution in [0.5, 0.6) is 23.0 Å². The van der Waals surface area contributed by atoms with E-state index in [4.69, 9.17) is 24.0 Å². The molecule has 0 radical (unpaired) electrons. The Labute approximate surface area is 247 Å². The molecule has 0 unspecified atom stereocenters. The molecule has 0 saturated heterocycles. The van der Waals surface area contributed by atoms with Crippen LogP contribution in [0.15, 0.2) is 53.1 Å². The molecule has 0 N–H and O–H groups in total. The number of halogens is 3. The van der Waals surface area contributed by atoms with Gasteiger partial charge >= 0.3 is 6.18 Å². The molecule has 1 amide bonds. The van der Waals surface area contributed by atoms with Crippen LogP contribution >= 0.6 is 0 Å². The third-order valence-electron chi connectivity index (χ3n) is 7.81. The Morgan fingerprint density at radius 2 is 1.60 bits per heavy atom.